The molecule has 5 nitrogen and oxygen atoms in total. The van der Waals surface area contributed by atoms with Gasteiger partial charge < -0.3 is 15.5 Å². The summed E-state index contributed by atoms with van der Waals surface area (Å²) < 4.78 is 0. The average Bonchev–Trinajstić information content (AvgIpc) is 3.22. The summed E-state index contributed by atoms with van der Waals surface area (Å²) in [6, 6.07) is 16.8. The fourth-order valence-electron chi connectivity index (χ4n) is 3.92. The molecule has 1 saturated heterocycles. The van der Waals surface area contributed by atoms with Gasteiger partial charge in [-0.2, -0.15) is 0 Å². The number of piperazine rings is 1. The third-order valence-electron chi connectivity index (χ3n) is 5.36. The Balaban J connectivity index is 1.46. The Bertz CT molecular complexity index is 743. The number of carbonyl (C=O) groups excluding carboxylic acids is 1. The highest BCUT2D eigenvalue weighted by Gasteiger charge is 2.23. The minimum Gasteiger partial charge on any atom is -0.353 e. The lowest BCUT2D eigenvalue weighted by Gasteiger charge is -2.35. The van der Waals surface area contributed by atoms with Crippen LogP contribution in [0.5, 0.6) is 0 Å². The van der Waals surface area contributed by atoms with E-state index in [1.807, 2.05) is 24.3 Å². The van der Waals surface area contributed by atoms with Crippen molar-refractivity contribution in [2.24, 2.45) is 0 Å². The maximum Gasteiger partial charge on any atom is 0.270 e. The number of hydrogen-bond acceptors (Lipinski definition) is 4. The smallest absolute Gasteiger partial charge is 0.270 e. The molecule has 2 aromatic rings. The highest BCUT2D eigenvalue weighted by Crippen LogP contribution is 2.22. The zero-order valence-electron chi connectivity index (χ0n) is 15.0. The van der Waals surface area contributed by atoms with E-state index in [-0.39, 0.29) is 11.9 Å². The van der Waals surface area contributed by atoms with Gasteiger partial charge >= 0.3 is 0 Å². The molecule has 1 amide bonds. The molecule has 1 aromatic heterocycles. The molecule has 2 heterocycles. The number of anilines is 1. The summed E-state index contributed by atoms with van der Waals surface area (Å²) in [7, 11) is 0. The van der Waals surface area contributed by atoms with Crippen LogP contribution in [0, 0.1) is 0 Å². The second-order valence-corrected chi connectivity index (χ2v) is 7.20. The molecule has 2 fully saturated rings. The molecule has 1 atom stereocenters. The number of nitrogens with one attached hydrogen (secondary N) is 2. The van der Waals surface area contributed by atoms with Crippen molar-refractivity contribution in [1.29, 1.82) is 0 Å². The molecule has 0 unspecified atom stereocenters. The second-order valence-electron chi connectivity index (χ2n) is 7.20. The second kappa shape index (κ2) is 7.87. The van der Waals surface area contributed by atoms with Gasteiger partial charge in [-0.05, 0) is 30.5 Å². The van der Waals surface area contributed by atoms with Crippen LogP contribution < -0.4 is 15.5 Å². The van der Waals surface area contributed by atoms with E-state index in [1.54, 1.807) is 0 Å². The minimum atomic E-state index is -0.0477. The number of carbonyl (C=O) groups is 1. The molecule has 26 heavy (non-hydrogen) atoms. The molecule has 0 spiro atoms. The quantitative estimate of drug-likeness (QED) is 0.890. The molecule has 0 radical (unpaired) electrons. The van der Waals surface area contributed by atoms with Gasteiger partial charge in [-0.1, -0.05) is 49.2 Å². The summed E-state index contributed by atoms with van der Waals surface area (Å²) in [5.41, 5.74) is 1.80. The van der Waals surface area contributed by atoms with E-state index < -0.39 is 0 Å². The van der Waals surface area contributed by atoms with Crippen LogP contribution in [0.1, 0.15) is 47.8 Å². The molecule has 136 valence electrons. The molecular weight excluding hydrogens is 324 g/mol. The Labute approximate surface area is 154 Å². The van der Waals surface area contributed by atoms with Gasteiger partial charge in [0.2, 0.25) is 0 Å². The number of nitrogens with zero attached hydrogens (tertiary/aromatic N) is 2. The molecule has 0 bridgehead atoms. The maximum absolute atomic E-state index is 12.5. The molecule has 1 aliphatic carbocycles. The normalized spacial score (nSPS) is 20.9. The van der Waals surface area contributed by atoms with Crippen LogP contribution in [-0.2, 0) is 0 Å². The van der Waals surface area contributed by atoms with E-state index in [9.17, 15) is 4.79 Å². The number of aromatic nitrogens is 1. The van der Waals surface area contributed by atoms with Gasteiger partial charge in [0.05, 0.1) is 0 Å². The molecule has 4 rings (SSSR count). The van der Waals surface area contributed by atoms with Crippen molar-refractivity contribution in [3.63, 3.8) is 0 Å². The third-order valence-corrected chi connectivity index (χ3v) is 5.36. The number of rotatable bonds is 4. The van der Waals surface area contributed by atoms with E-state index in [4.69, 9.17) is 0 Å². The van der Waals surface area contributed by atoms with E-state index in [2.05, 4.69) is 44.8 Å². The number of pyridine rings is 1. The van der Waals surface area contributed by atoms with Crippen molar-refractivity contribution in [2.45, 2.75) is 37.8 Å². The minimum absolute atomic E-state index is 0.0477. The lowest BCUT2D eigenvalue weighted by molar-refractivity contribution is 0.0933. The molecule has 2 aliphatic rings. The Morgan fingerprint density at radius 2 is 1.88 bits per heavy atom. The van der Waals surface area contributed by atoms with E-state index in [0.29, 0.717) is 11.7 Å². The Morgan fingerprint density at radius 1 is 1.08 bits per heavy atom. The first kappa shape index (κ1) is 17.0. The molecular formula is C21H26N4O. The highest BCUT2D eigenvalue weighted by molar-refractivity contribution is 5.92. The molecule has 1 aromatic carbocycles. The molecule has 5 heteroatoms. The monoisotopic (exact) mass is 350 g/mol. The van der Waals surface area contributed by atoms with Crippen LogP contribution in [0.4, 0.5) is 5.82 Å². The topological polar surface area (TPSA) is 57.3 Å². The summed E-state index contributed by atoms with van der Waals surface area (Å²) in [6.07, 6.45) is 4.59. The Morgan fingerprint density at radius 3 is 2.69 bits per heavy atom. The predicted molar refractivity (Wildman–Crippen MR) is 103 cm³/mol. The van der Waals surface area contributed by atoms with E-state index in [1.165, 1.54) is 18.4 Å². The largest absolute Gasteiger partial charge is 0.353 e. The van der Waals surface area contributed by atoms with Gasteiger partial charge in [-0.3, -0.25) is 4.79 Å². The number of hydrogen-bond donors (Lipinski definition) is 2. The van der Waals surface area contributed by atoms with E-state index in [0.717, 1.165) is 38.3 Å². The van der Waals surface area contributed by atoms with Crippen molar-refractivity contribution in [1.82, 2.24) is 15.6 Å². The highest BCUT2D eigenvalue weighted by atomic mass is 16.1. The third kappa shape index (κ3) is 3.88. The van der Waals surface area contributed by atoms with Gasteiger partial charge in [0, 0.05) is 31.7 Å². The van der Waals surface area contributed by atoms with Crippen molar-refractivity contribution in [3.05, 3.63) is 59.8 Å². The van der Waals surface area contributed by atoms with Crippen LogP contribution >= 0.6 is 0 Å². The first-order valence-corrected chi connectivity index (χ1v) is 9.61. The predicted octanol–water partition coefficient (Wildman–Crippen LogP) is 2.90. The van der Waals surface area contributed by atoms with Crippen LogP contribution in [0.15, 0.2) is 48.5 Å². The van der Waals surface area contributed by atoms with Gasteiger partial charge in [0.1, 0.15) is 11.5 Å². The fraction of sp³-hybridized carbons (Fsp3) is 0.429. The fourth-order valence-corrected chi connectivity index (χ4v) is 3.92. The average molecular weight is 350 g/mol. The number of benzene rings is 1. The Kier molecular flexibility index (Phi) is 5.16. The lowest BCUT2D eigenvalue weighted by Crippen LogP contribution is -2.46. The Hall–Kier alpha value is -2.40. The summed E-state index contributed by atoms with van der Waals surface area (Å²) >= 11 is 0. The first-order chi connectivity index (χ1) is 12.8. The zero-order valence-corrected chi connectivity index (χ0v) is 15.0. The summed E-state index contributed by atoms with van der Waals surface area (Å²) in [6.45, 7) is 2.65. The molecule has 1 saturated carbocycles. The standard InChI is InChI=1S/C21H26N4O/c26-21(23-17-9-4-5-10-17)18-11-6-12-20(24-18)25-14-13-22-19(15-25)16-7-2-1-3-8-16/h1-3,6-8,11-12,17,19,22H,4-5,9-10,13-15H2,(H,23,26)/t19-/m0/s1. The summed E-state index contributed by atoms with van der Waals surface area (Å²) in [5, 5.41) is 6.70. The van der Waals surface area contributed by atoms with Crippen LogP contribution in [0.3, 0.4) is 0 Å². The van der Waals surface area contributed by atoms with Crippen LogP contribution in [-0.4, -0.2) is 36.6 Å². The van der Waals surface area contributed by atoms with E-state index >= 15 is 0 Å². The lowest BCUT2D eigenvalue weighted by atomic mass is 10.0. The molecule has 2 N–H and O–H groups in total. The van der Waals surface area contributed by atoms with Crippen LogP contribution in [0.25, 0.3) is 0 Å². The maximum atomic E-state index is 12.5. The SMILES string of the molecule is O=C(NC1CCCC1)c1cccc(N2CCN[C@H](c3ccccc3)C2)n1. The van der Waals surface area contributed by atoms with Crippen molar-refractivity contribution in [2.75, 3.05) is 24.5 Å². The summed E-state index contributed by atoms with van der Waals surface area (Å²) in [5.74, 6) is 0.833. The number of amides is 1. The van der Waals surface area contributed by atoms with Gasteiger partial charge in [0.25, 0.3) is 5.91 Å². The zero-order chi connectivity index (χ0) is 17.8. The van der Waals surface area contributed by atoms with Crippen molar-refractivity contribution < 1.29 is 4.79 Å². The molecule has 1 aliphatic heterocycles. The van der Waals surface area contributed by atoms with Gasteiger partial charge in [0.15, 0.2) is 0 Å². The van der Waals surface area contributed by atoms with Crippen molar-refractivity contribution in [3.8, 4) is 0 Å². The van der Waals surface area contributed by atoms with Crippen LogP contribution in [0.2, 0.25) is 0 Å². The van der Waals surface area contributed by atoms with Crippen molar-refractivity contribution >= 4 is 11.7 Å². The van der Waals surface area contributed by atoms with Gasteiger partial charge in [-0.25, -0.2) is 4.98 Å². The van der Waals surface area contributed by atoms with Gasteiger partial charge in [-0.15, -0.1) is 0 Å². The summed E-state index contributed by atoms with van der Waals surface area (Å²) in [4.78, 5) is 19.4. The first-order valence-electron chi connectivity index (χ1n) is 9.61.